The van der Waals surface area contributed by atoms with E-state index >= 15 is 0 Å². The lowest BCUT2D eigenvalue weighted by Crippen LogP contribution is -2.35. The fourth-order valence-corrected chi connectivity index (χ4v) is 1.03. The average molecular weight is 210 g/mol. The van der Waals surface area contributed by atoms with Crippen LogP contribution in [0.3, 0.4) is 0 Å². The molecule has 0 fully saturated rings. The SMILES string of the molecule is CCC(C)NC(=O)Nc1ccc(F)cc1. The largest absolute Gasteiger partial charge is 0.335 e. The van der Waals surface area contributed by atoms with Crippen molar-refractivity contribution < 1.29 is 9.18 Å². The predicted molar refractivity (Wildman–Crippen MR) is 58.3 cm³/mol. The zero-order valence-corrected chi connectivity index (χ0v) is 8.88. The molecule has 0 aliphatic rings. The van der Waals surface area contributed by atoms with Gasteiger partial charge in [0.15, 0.2) is 0 Å². The molecule has 0 heterocycles. The van der Waals surface area contributed by atoms with Crippen molar-refractivity contribution in [2.24, 2.45) is 0 Å². The third kappa shape index (κ3) is 3.97. The van der Waals surface area contributed by atoms with Gasteiger partial charge in [0.1, 0.15) is 5.82 Å². The van der Waals surface area contributed by atoms with Gasteiger partial charge in [-0.25, -0.2) is 9.18 Å². The highest BCUT2D eigenvalue weighted by Gasteiger charge is 2.04. The molecule has 1 atom stereocenters. The second-order valence-corrected chi connectivity index (χ2v) is 3.41. The maximum absolute atomic E-state index is 12.6. The van der Waals surface area contributed by atoms with Crippen LogP contribution in [0.4, 0.5) is 14.9 Å². The zero-order chi connectivity index (χ0) is 11.3. The van der Waals surface area contributed by atoms with E-state index < -0.39 is 0 Å². The molecule has 0 aliphatic carbocycles. The second-order valence-electron chi connectivity index (χ2n) is 3.41. The monoisotopic (exact) mass is 210 g/mol. The molecule has 4 heteroatoms. The quantitative estimate of drug-likeness (QED) is 0.791. The van der Waals surface area contributed by atoms with Crippen molar-refractivity contribution in [3.63, 3.8) is 0 Å². The van der Waals surface area contributed by atoms with Crippen molar-refractivity contribution in [2.45, 2.75) is 26.3 Å². The van der Waals surface area contributed by atoms with Crippen LogP contribution in [0.1, 0.15) is 20.3 Å². The summed E-state index contributed by atoms with van der Waals surface area (Å²) in [5.41, 5.74) is 0.581. The summed E-state index contributed by atoms with van der Waals surface area (Å²) in [6.45, 7) is 3.91. The molecule has 0 saturated heterocycles. The molecule has 1 unspecified atom stereocenters. The number of hydrogen-bond donors (Lipinski definition) is 2. The first-order valence-corrected chi connectivity index (χ1v) is 4.95. The molecule has 0 aromatic heterocycles. The summed E-state index contributed by atoms with van der Waals surface area (Å²) in [6, 6.07) is 5.51. The normalized spacial score (nSPS) is 11.9. The van der Waals surface area contributed by atoms with Crippen molar-refractivity contribution >= 4 is 11.7 Å². The smallest absolute Gasteiger partial charge is 0.319 e. The minimum atomic E-state index is -0.317. The van der Waals surface area contributed by atoms with Gasteiger partial charge in [0.2, 0.25) is 0 Å². The van der Waals surface area contributed by atoms with E-state index in [2.05, 4.69) is 10.6 Å². The number of anilines is 1. The van der Waals surface area contributed by atoms with E-state index in [1.807, 2.05) is 13.8 Å². The number of carbonyl (C=O) groups excluding carboxylic acids is 1. The van der Waals surface area contributed by atoms with Crippen LogP contribution < -0.4 is 10.6 Å². The Bertz CT molecular complexity index is 324. The number of urea groups is 1. The lowest BCUT2D eigenvalue weighted by molar-refractivity contribution is 0.249. The first-order chi connectivity index (χ1) is 7.11. The van der Waals surface area contributed by atoms with Crippen molar-refractivity contribution in [1.29, 1.82) is 0 Å². The summed E-state index contributed by atoms with van der Waals surface area (Å²) in [4.78, 5) is 11.4. The van der Waals surface area contributed by atoms with Crippen molar-refractivity contribution in [2.75, 3.05) is 5.32 Å². The molecular formula is C11H15FN2O. The topological polar surface area (TPSA) is 41.1 Å². The number of carbonyl (C=O) groups is 1. The lowest BCUT2D eigenvalue weighted by atomic mass is 10.3. The standard InChI is InChI=1S/C11H15FN2O/c1-3-8(2)13-11(15)14-10-6-4-9(12)5-7-10/h4-8H,3H2,1-2H3,(H2,13,14,15). The maximum atomic E-state index is 12.6. The van der Waals surface area contributed by atoms with E-state index in [0.717, 1.165) is 6.42 Å². The van der Waals surface area contributed by atoms with Crippen LogP contribution in [0.2, 0.25) is 0 Å². The summed E-state index contributed by atoms with van der Waals surface area (Å²) in [5, 5.41) is 5.37. The highest BCUT2D eigenvalue weighted by Crippen LogP contribution is 2.07. The molecule has 0 radical (unpaired) electrons. The molecule has 0 bridgehead atoms. The number of nitrogens with one attached hydrogen (secondary N) is 2. The van der Waals surface area contributed by atoms with Gasteiger partial charge in [-0.3, -0.25) is 0 Å². The Balaban J connectivity index is 2.48. The number of hydrogen-bond acceptors (Lipinski definition) is 1. The van der Waals surface area contributed by atoms with E-state index in [1.165, 1.54) is 24.3 Å². The number of halogens is 1. The van der Waals surface area contributed by atoms with Gasteiger partial charge in [-0.2, -0.15) is 0 Å². The minimum Gasteiger partial charge on any atom is -0.335 e. The summed E-state index contributed by atoms with van der Waals surface area (Å²) in [6.07, 6.45) is 0.872. The van der Waals surface area contributed by atoms with Crippen LogP contribution in [0.5, 0.6) is 0 Å². The van der Waals surface area contributed by atoms with Crippen molar-refractivity contribution in [1.82, 2.24) is 5.32 Å². The van der Waals surface area contributed by atoms with Gasteiger partial charge in [-0.15, -0.1) is 0 Å². The van der Waals surface area contributed by atoms with Crippen LogP contribution in [0.25, 0.3) is 0 Å². The van der Waals surface area contributed by atoms with Gasteiger partial charge in [0, 0.05) is 11.7 Å². The fraction of sp³-hybridized carbons (Fsp3) is 0.364. The third-order valence-corrected chi connectivity index (χ3v) is 2.09. The molecular weight excluding hydrogens is 195 g/mol. The van der Waals surface area contributed by atoms with Gasteiger partial charge in [0.25, 0.3) is 0 Å². The fourth-order valence-electron chi connectivity index (χ4n) is 1.03. The Morgan fingerprint density at radius 2 is 2.00 bits per heavy atom. The number of benzene rings is 1. The Morgan fingerprint density at radius 3 is 2.53 bits per heavy atom. The van der Waals surface area contributed by atoms with Crippen LogP contribution in [0.15, 0.2) is 24.3 Å². The van der Waals surface area contributed by atoms with Crippen LogP contribution in [-0.2, 0) is 0 Å². The highest BCUT2D eigenvalue weighted by molar-refractivity contribution is 5.89. The molecule has 3 nitrogen and oxygen atoms in total. The van der Waals surface area contributed by atoms with E-state index in [1.54, 1.807) is 0 Å². The lowest BCUT2D eigenvalue weighted by Gasteiger charge is -2.12. The van der Waals surface area contributed by atoms with E-state index in [0.29, 0.717) is 5.69 Å². The summed E-state index contributed by atoms with van der Waals surface area (Å²) in [7, 11) is 0. The van der Waals surface area contributed by atoms with Crippen molar-refractivity contribution in [3.8, 4) is 0 Å². The molecule has 0 saturated carbocycles. The minimum absolute atomic E-state index is 0.130. The highest BCUT2D eigenvalue weighted by atomic mass is 19.1. The second kappa shape index (κ2) is 5.34. The molecule has 0 spiro atoms. The first-order valence-electron chi connectivity index (χ1n) is 4.95. The van der Waals surface area contributed by atoms with E-state index in [-0.39, 0.29) is 17.9 Å². The van der Waals surface area contributed by atoms with Crippen LogP contribution in [-0.4, -0.2) is 12.1 Å². The Kier molecular flexibility index (Phi) is 4.09. The Morgan fingerprint density at radius 1 is 1.40 bits per heavy atom. The molecule has 2 N–H and O–H groups in total. The summed E-state index contributed by atoms with van der Waals surface area (Å²) < 4.78 is 12.6. The van der Waals surface area contributed by atoms with Crippen LogP contribution >= 0.6 is 0 Å². The molecule has 15 heavy (non-hydrogen) atoms. The van der Waals surface area contributed by atoms with Gasteiger partial charge in [-0.05, 0) is 37.6 Å². The molecule has 2 amide bonds. The number of amides is 2. The summed E-state index contributed by atoms with van der Waals surface area (Å²) >= 11 is 0. The van der Waals surface area contributed by atoms with Crippen LogP contribution in [0, 0.1) is 5.82 Å². The molecule has 82 valence electrons. The molecule has 1 aromatic rings. The first kappa shape index (κ1) is 11.5. The number of rotatable bonds is 3. The zero-order valence-electron chi connectivity index (χ0n) is 8.88. The van der Waals surface area contributed by atoms with E-state index in [9.17, 15) is 9.18 Å². The molecule has 1 aromatic carbocycles. The predicted octanol–water partition coefficient (Wildman–Crippen LogP) is 2.75. The van der Waals surface area contributed by atoms with Gasteiger partial charge < -0.3 is 10.6 Å². The third-order valence-electron chi connectivity index (χ3n) is 2.09. The summed E-state index contributed by atoms with van der Waals surface area (Å²) in [5.74, 6) is -0.317. The Hall–Kier alpha value is -1.58. The molecule has 1 rings (SSSR count). The van der Waals surface area contributed by atoms with E-state index in [4.69, 9.17) is 0 Å². The van der Waals surface area contributed by atoms with Gasteiger partial charge in [-0.1, -0.05) is 6.92 Å². The average Bonchev–Trinajstić information content (AvgIpc) is 2.21. The van der Waals surface area contributed by atoms with Gasteiger partial charge in [0.05, 0.1) is 0 Å². The van der Waals surface area contributed by atoms with Crippen molar-refractivity contribution in [3.05, 3.63) is 30.1 Å². The maximum Gasteiger partial charge on any atom is 0.319 e. The Labute approximate surface area is 88.7 Å². The van der Waals surface area contributed by atoms with Gasteiger partial charge >= 0.3 is 6.03 Å². The molecule has 0 aliphatic heterocycles.